The highest BCUT2D eigenvalue weighted by Gasteiger charge is 2.21. The van der Waals surface area contributed by atoms with Crippen LogP contribution in [0.25, 0.3) is 10.8 Å². The van der Waals surface area contributed by atoms with Crippen LogP contribution < -0.4 is 5.32 Å². The van der Waals surface area contributed by atoms with Gasteiger partial charge in [-0.15, -0.1) is 0 Å². The maximum Gasteiger partial charge on any atom is 0.326 e. The van der Waals surface area contributed by atoms with Gasteiger partial charge in [0.05, 0.1) is 0 Å². The molecule has 3 N–H and O–H groups in total. The molecule has 0 aromatic heterocycles. The first kappa shape index (κ1) is 14.9. The fourth-order valence-corrected chi connectivity index (χ4v) is 2.08. The summed E-state index contributed by atoms with van der Waals surface area (Å²) in [5, 5.41) is 20.8. The zero-order valence-electron chi connectivity index (χ0n) is 11.0. The molecule has 2 rings (SSSR count). The Balaban J connectivity index is 2.36. The van der Waals surface area contributed by atoms with Gasteiger partial charge in [-0.1, -0.05) is 24.3 Å². The molecule has 0 saturated heterocycles. The van der Waals surface area contributed by atoms with Gasteiger partial charge in [-0.25, -0.2) is 9.18 Å². The molecule has 5 nitrogen and oxygen atoms in total. The SMILES string of the molecule is O=C(N[C@H](CCO)C(=O)O)c1ccc(F)c2ccccc12. The van der Waals surface area contributed by atoms with Crippen LogP contribution in [0.3, 0.4) is 0 Å². The molecule has 1 amide bonds. The summed E-state index contributed by atoms with van der Waals surface area (Å²) in [5.41, 5.74) is 0.191. The summed E-state index contributed by atoms with van der Waals surface area (Å²) in [4.78, 5) is 23.2. The first-order valence-corrected chi connectivity index (χ1v) is 6.36. The molecular weight excluding hydrogens is 277 g/mol. The second kappa shape index (κ2) is 6.32. The Hall–Kier alpha value is -2.47. The zero-order valence-corrected chi connectivity index (χ0v) is 11.0. The van der Waals surface area contributed by atoms with E-state index in [2.05, 4.69) is 5.32 Å². The summed E-state index contributed by atoms with van der Waals surface area (Å²) in [6.45, 7) is -0.360. The number of hydrogen-bond acceptors (Lipinski definition) is 3. The first-order chi connectivity index (χ1) is 10.0. The number of carbonyl (C=O) groups excluding carboxylic acids is 1. The molecule has 0 bridgehead atoms. The van der Waals surface area contributed by atoms with Gasteiger partial charge in [0.25, 0.3) is 5.91 Å². The second-order valence-corrected chi connectivity index (χ2v) is 4.52. The van der Waals surface area contributed by atoms with Crippen molar-refractivity contribution in [2.45, 2.75) is 12.5 Å². The minimum atomic E-state index is -1.23. The third kappa shape index (κ3) is 3.17. The van der Waals surface area contributed by atoms with E-state index in [0.717, 1.165) is 0 Å². The minimum absolute atomic E-state index is 0.0970. The molecular formula is C15H14FNO4. The first-order valence-electron chi connectivity index (χ1n) is 6.36. The standard InChI is InChI=1S/C15H14FNO4/c16-12-6-5-11(9-3-1-2-4-10(9)12)14(19)17-13(7-8-18)15(20)21/h1-6,13,18H,7-8H2,(H,17,19)(H,20,21)/t13-/m1/s1. The molecule has 0 saturated carbocycles. The van der Waals surface area contributed by atoms with E-state index >= 15 is 0 Å². The summed E-state index contributed by atoms with van der Waals surface area (Å²) in [6, 6.07) is 7.74. The molecule has 21 heavy (non-hydrogen) atoms. The van der Waals surface area contributed by atoms with Crippen molar-refractivity contribution < 1.29 is 24.2 Å². The number of nitrogens with one attached hydrogen (secondary N) is 1. The van der Waals surface area contributed by atoms with E-state index in [9.17, 15) is 14.0 Å². The Labute approximate surface area is 120 Å². The molecule has 0 fully saturated rings. The smallest absolute Gasteiger partial charge is 0.326 e. The fraction of sp³-hybridized carbons (Fsp3) is 0.200. The van der Waals surface area contributed by atoms with E-state index in [1.807, 2.05) is 0 Å². The van der Waals surface area contributed by atoms with Crippen molar-refractivity contribution in [3.63, 3.8) is 0 Å². The van der Waals surface area contributed by atoms with Crippen LogP contribution in [0, 0.1) is 5.82 Å². The van der Waals surface area contributed by atoms with Crippen LogP contribution in [0.5, 0.6) is 0 Å². The Morgan fingerprint density at radius 2 is 1.81 bits per heavy atom. The van der Waals surface area contributed by atoms with Gasteiger partial charge >= 0.3 is 5.97 Å². The number of aliphatic carboxylic acids is 1. The van der Waals surface area contributed by atoms with Gasteiger partial charge in [-0.3, -0.25) is 4.79 Å². The molecule has 2 aromatic carbocycles. The maximum absolute atomic E-state index is 13.7. The Bertz CT molecular complexity index is 686. The zero-order chi connectivity index (χ0) is 15.4. The average molecular weight is 291 g/mol. The highest BCUT2D eigenvalue weighted by atomic mass is 19.1. The molecule has 2 aromatic rings. The lowest BCUT2D eigenvalue weighted by Crippen LogP contribution is -2.41. The molecule has 0 spiro atoms. The quantitative estimate of drug-likeness (QED) is 0.780. The number of carboxylic acid groups (broad SMARTS) is 1. The third-order valence-electron chi connectivity index (χ3n) is 3.14. The number of hydrogen-bond donors (Lipinski definition) is 3. The average Bonchev–Trinajstić information content (AvgIpc) is 2.47. The van der Waals surface area contributed by atoms with E-state index in [1.54, 1.807) is 24.3 Å². The highest BCUT2D eigenvalue weighted by molar-refractivity contribution is 6.08. The van der Waals surface area contributed by atoms with Crippen molar-refractivity contribution >= 4 is 22.6 Å². The van der Waals surface area contributed by atoms with Crippen LogP contribution in [0.2, 0.25) is 0 Å². The summed E-state index contributed by atoms with van der Waals surface area (Å²) in [6.07, 6.45) is -0.0970. The Morgan fingerprint density at radius 1 is 1.14 bits per heavy atom. The largest absolute Gasteiger partial charge is 0.480 e. The number of amides is 1. The molecule has 0 radical (unpaired) electrons. The van der Waals surface area contributed by atoms with E-state index in [1.165, 1.54) is 12.1 Å². The van der Waals surface area contributed by atoms with E-state index in [-0.39, 0.29) is 18.6 Å². The second-order valence-electron chi connectivity index (χ2n) is 4.52. The van der Waals surface area contributed by atoms with Gasteiger partial charge in [-0.2, -0.15) is 0 Å². The van der Waals surface area contributed by atoms with Crippen LogP contribution in [-0.4, -0.2) is 34.7 Å². The predicted octanol–water partition coefficient (Wildman–Crippen LogP) is 1.54. The molecule has 0 aliphatic carbocycles. The van der Waals surface area contributed by atoms with Gasteiger partial charge in [0.2, 0.25) is 0 Å². The lowest BCUT2D eigenvalue weighted by Gasteiger charge is -2.14. The van der Waals surface area contributed by atoms with E-state index in [0.29, 0.717) is 10.8 Å². The van der Waals surface area contributed by atoms with Crippen molar-refractivity contribution in [2.24, 2.45) is 0 Å². The number of carboxylic acids is 1. The molecule has 0 aliphatic rings. The molecule has 6 heteroatoms. The van der Waals surface area contributed by atoms with Crippen LogP contribution in [0.4, 0.5) is 4.39 Å². The highest BCUT2D eigenvalue weighted by Crippen LogP contribution is 2.21. The maximum atomic E-state index is 13.7. The topological polar surface area (TPSA) is 86.6 Å². The number of halogens is 1. The van der Waals surface area contributed by atoms with Crippen molar-refractivity contribution in [3.8, 4) is 0 Å². The number of carbonyl (C=O) groups is 2. The fourth-order valence-electron chi connectivity index (χ4n) is 2.08. The van der Waals surface area contributed by atoms with Crippen molar-refractivity contribution in [2.75, 3.05) is 6.61 Å². The summed E-state index contributed by atoms with van der Waals surface area (Å²) in [7, 11) is 0. The summed E-state index contributed by atoms with van der Waals surface area (Å²) in [5.74, 6) is -2.30. The minimum Gasteiger partial charge on any atom is -0.480 e. The molecule has 1 atom stereocenters. The Kier molecular flexibility index (Phi) is 4.49. The van der Waals surface area contributed by atoms with Crippen LogP contribution in [-0.2, 0) is 4.79 Å². The van der Waals surface area contributed by atoms with Crippen LogP contribution in [0.1, 0.15) is 16.8 Å². The van der Waals surface area contributed by atoms with E-state index < -0.39 is 23.7 Å². The number of benzene rings is 2. The van der Waals surface area contributed by atoms with Gasteiger partial charge < -0.3 is 15.5 Å². The summed E-state index contributed by atoms with van der Waals surface area (Å²) < 4.78 is 13.7. The molecule has 0 aliphatic heterocycles. The van der Waals surface area contributed by atoms with Crippen molar-refractivity contribution in [1.29, 1.82) is 0 Å². The molecule has 0 unspecified atom stereocenters. The van der Waals surface area contributed by atoms with E-state index in [4.69, 9.17) is 10.2 Å². The Morgan fingerprint density at radius 3 is 2.43 bits per heavy atom. The predicted molar refractivity (Wildman–Crippen MR) is 74.5 cm³/mol. The lowest BCUT2D eigenvalue weighted by molar-refractivity contribution is -0.139. The molecule has 0 heterocycles. The normalized spacial score (nSPS) is 12.1. The van der Waals surface area contributed by atoms with Gasteiger partial charge in [-0.05, 0) is 17.5 Å². The van der Waals surface area contributed by atoms with Gasteiger partial charge in [0.1, 0.15) is 11.9 Å². The van der Waals surface area contributed by atoms with Crippen molar-refractivity contribution in [1.82, 2.24) is 5.32 Å². The van der Waals surface area contributed by atoms with Crippen molar-refractivity contribution in [3.05, 3.63) is 47.8 Å². The third-order valence-corrected chi connectivity index (χ3v) is 3.14. The van der Waals surface area contributed by atoms with Crippen LogP contribution in [0.15, 0.2) is 36.4 Å². The molecule has 110 valence electrons. The van der Waals surface area contributed by atoms with Crippen LogP contribution >= 0.6 is 0 Å². The number of aliphatic hydroxyl groups is 1. The number of fused-ring (bicyclic) bond motifs is 1. The number of rotatable bonds is 5. The number of aliphatic hydroxyl groups excluding tert-OH is 1. The lowest BCUT2D eigenvalue weighted by atomic mass is 10.0. The summed E-state index contributed by atoms with van der Waals surface area (Å²) >= 11 is 0. The monoisotopic (exact) mass is 291 g/mol. The van der Waals surface area contributed by atoms with Gasteiger partial charge in [0, 0.05) is 24.0 Å². The van der Waals surface area contributed by atoms with Gasteiger partial charge in [0.15, 0.2) is 0 Å².